The minimum Gasteiger partial charge on any atom is -0.378 e. The van der Waals surface area contributed by atoms with E-state index >= 15 is 0 Å². The molecule has 1 aromatic heterocycles. The Bertz CT molecular complexity index is 577. The summed E-state index contributed by atoms with van der Waals surface area (Å²) in [6.45, 7) is 5.07. The third-order valence-corrected chi connectivity index (χ3v) is 4.67. The smallest absolute Gasteiger partial charge is 0.343 e. The Morgan fingerprint density at radius 3 is 2.75 bits per heavy atom. The van der Waals surface area contributed by atoms with Crippen LogP contribution in [0, 0.1) is 5.92 Å². The molecule has 2 atom stereocenters. The fraction of sp³-hybridized carbons (Fsp3) is 0.812. The molecule has 0 radical (unpaired) electrons. The molecule has 8 nitrogen and oxygen atoms in total. The first-order valence-electron chi connectivity index (χ1n) is 8.80. The second-order valence-electron chi connectivity index (χ2n) is 6.39. The lowest BCUT2D eigenvalue weighted by Gasteiger charge is -2.23. The second-order valence-corrected chi connectivity index (χ2v) is 6.39. The SMILES string of the molecule is CCOC(CCNC(=O)NC(C)c1n[nH]c(=O)n1C)C1CCCC1. The average Bonchev–Trinajstić information content (AvgIpc) is 3.18. The standard InChI is InChI=1S/C16H29N5O3/c1-4-24-13(12-7-5-6-8-12)9-10-17-15(22)18-11(2)14-19-20-16(23)21(14)3/h11-13H,4-10H2,1-3H3,(H,20,23)(H2,17,18,22). The Balaban J connectivity index is 1.75. The number of aromatic amines is 1. The summed E-state index contributed by atoms with van der Waals surface area (Å²) >= 11 is 0. The van der Waals surface area contributed by atoms with Crippen LogP contribution in [0.5, 0.6) is 0 Å². The predicted octanol–water partition coefficient (Wildman–Crippen LogP) is 1.45. The highest BCUT2D eigenvalue weighted by Gasteiger charge is 2.25. The monoisotopic (exact) mass is 339 g/mol. The fourth-order valence-electron chi connectivity index (χ4n) is 3.38. The van der Waals surface area contributed by atoms with Gasteiger partial charge in [-0.25, -0.2) is 14.7 Å². The molecular formula is C16H29N5O3. The molecule has 0 bridgehead atoms. The zero-order valence-electron chi connectivity index (χ0n) is 14.8. The molecule has 2 rings (SSSR count). The van der Waals surface area contributed by atoms with Gasteiger partial charge in [-0.3, -0.25) is 4.57 Å². The lowest BCUT2D eigenvalue weighted by molar-refractivity contribution is 0.0167. The number of nitrogens with one attached hydrogen (secondary N) is 3. The van der Waals surface area contributed by atoms with Gasteiger partial charge in [-0.05, 0) is 39.0 Å². The Kier molecular flexibility index (Phi) is 6.84. The first-order valence-corrected chi connectivity index (χ1v) is 8.80. The first-order chi connectivity index (χ1) is 11.5. The van der Waals surface area contributed by atoms with Crippen molar-refractivity contribution in [1.29, 1.82) is 0 Å². The highest BCUT2D eigenvalue weighted by molar-refractivity contribution is 5.74. The zero-order chi connectivity index (χ0) is 17.5. The van der Waals surface area contributed by atoms with Crippen molar-refractivity contribution in [1.82, 2.24) is 25.4 Å². The first kappa shape index (κ1) is 18.5. The number of amides is 2. The van der Waals surface area contributed by atoms with Gasteiger partial charge in [0, 0.05) is 20.2 Å². The van der Waals surface area contributed by atoms with Gasteiger partial charge in [-0.15, -0.1) is 0 Å². The van der Waals surface area contributed by atoms with Crippen LogP contribution >= 0.6 is 0 Å². The number of hydrogen-bond acceptors (Lipinski definition) is 4. The highest BCUT2D eigenvalue weighted by Crippen LogP contribution is 2.30. The van der Waals surface area contributed by atoms with Crippen LogP contribution in [0.2, 0.25) is 0 Å². The van der Waals surface area contributed by atoms with E-state index in [2.05, 4.69) is 20.8 Å². The minimum atomic E-state index is -0.355. The number of aromatic nitrogens is 3. The van der Waals surface area contributed by atoms with Crippen LogP contribution in [0.15, 0.2) is 4.79 Å². The molecule has 1 heterocycles. The van der Waals surface area contributed by atoms with Crippen molar-refractivity contribution in [3.8, 4) is 0 Å². The van der Waals surface area contributed by atoms with Crippen LogP contribution in [0.4, 0.5) is 4.79 Å². The Morgan fingerprint density at radius 2 is 2.17 bits per heavy atom. The summed E-state index contributed by atoms with van der Waals surface area (Å²) in [6, 6.07) is -0.619. The van der Waals surface area contributed by atoms with Gasteiger partial charge in [0.15, 0.2) is 5.82 Å². The Labute approximate surface area is 142 Å². The van der Waals surface area contributed by atoms with E-state index in [0.29, 0.717) is 24.9 Å². The van der Waals surface area contributed by atoms with Crippen LogP contribution in [0.25, 0.3) is 0 Å². The molecule has 8 heteroatoms. The van der Waals surface area contributed by atoms with Crippen LogP contribution in [-0.2, 0) is 11.8 Å². The van der Waals surface area contributed by atoms with Gasteiger partial charge in [-0.2, -0.15) is 5.10 Å². The maximum atomic E-state index is 12.0. The molecule has 1 fully saturated rings. The fourth-order valence-corrected chi connectivity index (χ4v) is 3.38. The number of carbonyl (C=O) groups excluding carboxylic acids is 1. The molecule has 3 N–H and O–H groups in total. The van der Waals surface area contributed by atoms with E-state index < -0.39 is 0 Å². The molecule has 0 aromatic carbocycles. The van der Waals surface area contributed by atoms with Crippen molar-refractivity contribution in [3.63, 3.8) is 0 Å². The lowest BCUT2D eigenvalue weighted by Crippen LogP contribution is -2.40. The van der Waals surface area contributed by atoms with Crippen molar-refractivity contribution >= 4 is 6.03 Å². The van der Waals surface area contributed by atoms with Gasteiger partial charge in [0.05, 0.1) is 12.1 Å². The minimum absolute atomic E-state index is 0.224. The molecule has 1 aliphatic rings. The van der Waals surface area contributed by atoms with Gasteiger partial charge < -0.3 is 15.4 Å². The van der Waals surface area contributed by atoms with Crippen LogP contribution in [0.3, 0.4) is 0 Å². The summed E-state index contributed by atoms with van der Waals surface area (Å²) < 4.78 is 7.24. The van der Waals surface area contributed by atoms with Gasteiger partial charge in [0.1, 0.15) is 0 Å². The molecule has 2 amide bonds. The van der Waals surface area contributed by atoms with E-state index in [0.717, 1.165) is 6.42 Å². The Hall–Kier alpha value is -1.83. The predicted molar refractivity (Wildman–Crippen MR) is 90.8 cm³/mol. The number of rotatable bonds is 8. The molecule has 0 saturated heterocycles. The normalized spacial score (nSPS) is 17.6. The van der Waals surface area contributed by atoms with Crippen LogP contribution in [0.1, 0.15) is 57.8 Å². The number of urea groups is 1. The molecule has 136 valence electrons. The molecule has 24 heavy (non-hydrogen) atoms. The summed E-state index contributed by atoms with van der Waals surface area (Å²) in [4.78, 5) is 23.4. The van der Waals surface area contributed by atoms with Gasteiger partial charge in [-0.1, -0.05) is 12.8 Å². The summed E-state index contributed by atoms with van der Waals surface area (Å²) in [5.74, 6) is 1.11. The quantitative estimate of drug-likeness (QED) is 0.667. The molecule has 1 aliphatic carbocycles. The maximum absolute atomic E-state index is 12.0. The van der Waals surface area contributed by atoms with Gasteiger partial charge >= 0.3 is 11.7 Å². The van der Waals surface area contributed by atoms with Crippen molar-refractivity contribution in [2.75, 3.05) is 13.2 Å². The molecule has 0 spiro atoms. The number of ether oxygens (including phenoxy) is 1. The topological polar surface area (TPSA) is 101 Å². The van der Waals surface area contributed by atoms with Crippen LogP contribution < -0.4 is 16.3 Å². The number of hydrogen-bond donors (Lipinski definition) is 3. The summed E-state index contributed by atoms with van der Waals surface area (Å²) in [7, 11) is 1.62. The summed E-state index contributed by atoms with van der Waals surface area (Å²) in [5, 5.41) is 11.9. The number of H-pyrrole nitrogens is 1. The summed E-state index contributed by atoms with van der Waals surface area (Å²) in [6.07, 6.45) is 6.05. The van der Waals surface area contributed by atoms with E-state index in [1.54, 1.807) is 14.0 Å². The van der Waals surface area contributed by atoms with Gasteiger partial charge in [0.2, 0.25) is 0 Å². The Morgan fingerprint density at radius 1 is 1.46 bits per heavy atom. The van der Waals surface area contributed by atoms with Crippen molar-refractivity contribution in [3.05, 3.63) is 16.3 Å². The number of carbonyl (C=O) groups is 1. The molecule has 1 saturated carbocycles. The van der Waals surface area contributed by atoms with Gasteiger partial charge in [0.25, 0.3) is 0 Å². The molecule has 0 aliphatic heterocycles. The van der Waals surface area contributed by atoms with Crippen molar-refractivity contribution in [2.45, 2.75) is 58.1 Å². The highest BCUT2D eigenvalue weighted by atomic mass is 16.5. The average molecular weight is 339 g/mol. The van der Waals surface area contributed by atoms with Crippen molar-refractivity contribution in [2.24, 2.45) is 13.0 Å². The third kappa shape index (κ3) is 4.83. The largest absolute Gasteiger partial charge is 0.378 e. The van der Waals surface area contributed by atoms with E-state index in [-0.39, 0.29) is 23.9 Å². The van der Waals surface area contributed by atoms with Crippen LogP contribution in [-0.4, -0.2) is 40.1 Å². The van der Waals surface area contributed by atoms with E-state index in [4.69, 9.17) is 4.74 Å². The van der Waals surface area contributed by atoms with Crippen molar-refractivity contribution < 1.29 is 9.53 Å². The van der Waals surface area contributed by atoms with E-state index in [1.165, 1.54) is 30.3 Å². The zero-order valence-corrected chi connectivity index (χ0v) is 14.8. The third-order valence-electron chi connectivity index (χ3n) is 4.67. The summed E-state index contributed by atoms with van der Waals surface area (Å²) in [5.41, 5.74) is -0.296. The maximum Gasteiger partial charge on any atom is 0.343 e. The number of nitrogens with zero attached hydrogens (tertiary/aromatic N) is 2. The molecule has 1 aromatic rings. The molecular weight excluding hydrogens is 310 g/mol. The molecule has 2 unspecified atom stereocenters. The lowest BCUT2D eigenvalue weighted by atomic mass is 9.98. The van der Waals surface area contributed by atoms with E-state index in [1.807, 2.05) is 6.92 Å². The second kappa shape index (κ2) is 8.86. The van der Waals surface area contributed by atoms with E-state index in [9.17, 15) is 9.59 Å².